The van der Waals surface area contributed by atoms with E-state index in [1.807, 2.05) is 13.0 Å². The Hall–Kier alpha value is -1.61. The van der Waals surface area contributed by atoms with E-state index in [2.05, 4.69) is 42.5 Å². The standard InChI is InChI=1S/C20H32O3/c1-2-19(21)17-15-13-11-9-7-5-3-4-6-8-10-12-14-16-18-20(22)23/h4-7,10-13,19,21H,2-3,8-9,14-18H2,1H3,(H,22,23)/b6-4-,7-5-,12-10-,13-11-. The van der Waals surface area contributed by atoms with Gasteiger partial charge < -0.3 is 10.2 Å². The molecule has 0 aliphatic carbocycles. The molecule has 23 heavy (non-hydrogen) atoms. The van der Waals surface area contributed by atoms with Crippen LogP contribution in [0.5, 0.6) is 0 Å². The van der Waals surface area contributed by atoms with Gasteiger partial charge in [-0.2, -0.15) is 0 Å². The third-order valence-corrected chi connectivity index (χ3v) is 3.38. The molecule has 3 heteroatoms. The molecule has 2 N–H and O–H groups in total. The molecule has 0 amide bonds. The van der Waals surface area contributed by atoms with Crippen LogP contribution in [-0.2, 0) is 4.79 Å². The molecule has 0 aliphatic rings. The van der Waals surface area contributed by atoms with Crippen molar-refractivity contribution in [1.82, 2.24) is 0 Å². The first kappa shape index (κ1) is 21.4. The maximum absolute atomic E-state index is 10.3. The summed E-state index contributed by atoms with van der Waals surface area (Å²) in [6.45, 7) is 2.00. The van der Waals surface area contributed by atoms with Crippen molar-refractivity contribution in [2.75, 3.05) is 0 Å². The van der Waals surface area contributed by atoms with Crippen molar-refractivity contribution < 1.29 is 15.0 Å². The lowest BCUT2D eigenvalue weighted by molar-refractivity contribution is -0.137. The predicted octanol–water partition coefficient (Wildman–Crippen LogP) is 5.19. The fourth-order valence-corrected chi connectivity index (χ4v) is 1.91. The number of aliphatic hydroxyl groups excluding tert-OH is 1. The van der Waals surface area contributed by atoms with Gasteiger partial charge in [-0.1, -0.05) is 55.5 Å². The lowest BCUT2D eigenvalue weighted by Crippen LogP contribution is -2.02. The second-order valence-electron chi connectivity index (χ2n) is 5.52. The third kappa shape index (κ3) is 18.3. The zero-order valence-corrected chi connectivity index (χ0v) is 14.4. The smallest absolute Gasteiger partial charge is 0.303 e. The van der Waals surface area contributed by atoms with Gasteiger partial charge in [0.25, 0.3) is 0 Å². The van der Waals surface area contributed by atoms with Crippen LogP contribution in [0.3, 0.4) is 0 Å². The van der Waals surface area contributed by atoms with Gasteiger partial charge >= 0.3 is 5.97 Å². The van der Waals surface area contributed by atoms with Crippen LogP contribution >= 0.6 is 0 Å². The second-order valence-corrected chi connectivity index (χ2v) is 5.52. The summed E-state index contributed by atoms with van der Waals surface area (Å²) >= 11 is 0. The minimum atomic E-state index is -0.724. The quantitative estimate of drug-likeness (QED) is 0.342. The van der Waals surface area contributed by atoms with Crippen molar-refractivity contribution in [1.29, 1.82) is 0 Å². The first-order chi connectivity index (χ1) is 11.2. The van der Waals surface area contributed by atoms with Crippen LogP contribution in [0.2, 0.25) is 0 Å². The summed E-state index contributed by atoms with van der Waals surface area (Å²) in [5.41, 5.74) is 0. The third-order valence-electron chi connectivity index (χ3n) is 3.38. The highest BCUT2D eigenvalue weighted by Crippen LogP contribution is 2.02. The molecule has 3 nitrogen and oxygen atoms in total. The Morgan fingerprint density at radius 1 is 0.870 bits per heavy atom. The average Bonchev–Trinajstić information content (AvgIpc) is 2.53. The van der Waals surface area contributed by atoms with Crippen molar-refractivity contribution in [2.24, 2.45) is 0 Å². The Kier molecular flexibility index (Phi) is 15.6. The summed E-state index contributed by atoms with van der Waals surface area (Å²) in [7, 11) is 0. The number of aliphatic carboxylic acids is 1. The van der Waals surface area contributed by atoms with Gasteiger partial charge in [0, 0.05) is 6.42 Å². The van der Waals surface area contributed by atoms with Crippen molar-refractivity contribution in [3.05, 3.63) is 48.6 Å². The Bertz CT molecular complexity index is 392. The summed E-state index contributed by atoms with van der Waals surface area (Å²) in [5, 5.41) is 17.9. The lowest BCUT2D eigenvalue weighted by Gasteiger charge is -2.03. The summed E-state index contributed by atoms with van der Waals surface area (Å²) in [4.78, 5) is 10.3. The van der Waals surface area contributed by atoms with E-state index in [-0.39, 0.29) is 12.5 Å². The second kappa shape index (κ2) is 16.8. The number of aliphatic hydroxyl groups is 1. The number of carboxylic acid groups (broad SMARTS) is 1. The molecule has 0 aromatic heterocycles. The zero-order valence-electron chi connectivity index (χ0n) is 14.4. The van der Waals surface area contributed by atoms with E-state index in [1.165, 1.54) is 0 Å². The van der Waals surface area contributed by atoms with Crippen LogP contribution in [0.1, 0.15) is 64.7 Å². The molecule has 0 heterocycles. The first-order valence-corrected chi connectivity index (χ1v) is 8.66. The minimum Gasteiger partial charge on any atom is -0.481 e. The van der Waals surface area contributed by atoms with Crippen LogP contribution in [0.15, 0.2) is 48.6 Å². The van der Waals surface area contributed by atoms with E-state index in [4.69, 9.17) is 5.11 Å². The zero-order chi connectivity index (χ0) is 17.2. The largest absolute Gasteiger partial charge is 0.481 e. The van der Waals surface area contributed by atoms with Crippen molar-refractivity contribution in [2.45, 2.75) is 70.8 Å². The van der Waals surface area contributed by atoms with Gasteiger partial charge in [-0.15, -0.1) is 0 Å². The molecular formula is C20H32O3. The number of rotatable bonds is 14. The molecule has 1 unspecified atom stereocenters. The van der Waals surface area contributed by atoms with Crippen molar-refractivity contribution in [3.63, 3.8) is 0 Å². The molecule has 0 fully saturated rings. The van der Waals surface area contributed by atoms with Crippen LogP contribution in [0.25, 0.3) is 0 Å². The van der Waals surface area contributed by atoms with E-state index in [0.717, 1.165) is 44.9 Å². The maximum atomic E-state index is 10.3. The summed E-state index contributed by atoms with van der Waals surface area (Å²) in [5.74, 6) is -0.724. The van der Waals surface area contributed by atoms with Gasteiger partial charge in [0.05, 0.1) is 6.10 Å². The van der Waals surface area contributed by atoms with Crippen molar-refractivity contribution >= 4 is 5.97 Å². The van der Waals surface area contributed by atoms with E-state index >= 15 is 0 Å². The molecule has 130 valence electrons. The molecule has 0 bridgehead atoms. The van der Waals surface area contributed by atoms with E-state index in [1.54, 1.807) is 0 Å². The van der Waals surface area contributed by atoms with Crippen LogP contribution in [0, 0.1) is 0 Å². The minimum absolute atomic E-state index is 0.161. The van der Waals surface area contributed by atoms with Gasteiger partial charge in [-0.05, 0) is 51.4 Å². The first-order valence-electron chi connectivity index (χ1n) is 8.66. The molecule has 0 rings (SSSR count). The fourth-order valence-electron chi connectivity index (χ4n) is 1.91. The molecule has 0 spiro atoms. The average molecular weight is 320 g/mol. The highest BCUT2D eigenvalue weighted by atomic mass is 16.4. The molecule has 0 aromatic rings. The molecule has 0 saturated heterocycles. The van der Waals surface area contributed by atoms with Gasteiger partial charge in [0.15, 0.2) is 0 Å². The van der Waals surface area contributed by atoms with Crippen LogP contribution < -0.4 is 0 Å². The summed E-state index contributed by atoms with van der Waals surface area (Å²) in [6.07, 6.45) is 24.0. The normalized spacial score (nSPS) is 13.8. The lowest BCUT2D eigenvalue weighted by atomic mass is 10.1. The Balaban J connectivity index is 3.46. The summed E-state index contributed by atoms with van der Waals surface area (Å²) in [6, 6.07) is 0. The number of hydrogen-bond acceptors (Lipinski definition) is 2. The predicted molar refractivity (Wildman–Crippen MR) is 97.4 cm³/mol. The number of unbranched alkanes of at least 4 members (excludes halogenated alkanes) is 1. The SMILES string of the molecule is CCC(O)CC/C=C\C/C=C\C/C=C\C/C=C\CCCC(=O)O. The Morgan fingerprint density at radius 2 is 1.35 bits per heavy atom. The molecule has 0 radical (unpaired) electrons. The van der Waals surface area contributed by atoms with Crippen LogP contribution in [-0.4, -0.2) is 22.3 Å². The highest BCUT2D eigenvalue weighted by molar-refractivity contribution is 5.66. The fraction of sp³-hybridized carbons (Fsp3) is 0.550. The maximum Gasteiger partial charge on any atom is 0.303 e. The molecule has 1 atom stereocenters. The van der Waals surface area contributed by atoms with Crippen LogP contribution in [0.4, 0.5) is 0 Å². The van der Waals surface area contributed by atoms with E-state index < -0.39 is 5.97 Å². The van der Waals surface area contributed by atoms with Gasteiger partial charge in [-0.25, -0.2) is 0 Å². The molecule has 0 aromatic carbocycles. The molecule has 0 saturated carbocycles. The number of carbonyl (C=O) groups is 1. The Labute approximate surface area is 141 Å². The molecule has 0 aliphatic heterocycles. The topological polar surface area (TPSA) is 57.5 Å². The van der Waals surface area contributed by atoms with E-state index in [9.17, 15) is 9.90 Å². The highest BCUT2D eigenvalue weighted by Gasteiger charge is 1.96. The number of carboxylic acids is 1. The van der Waals surface area contributed by atoms with Gasteiger partial charge in [0.1, 0.15) is 0 Å². The van der Waals surface area contributed by atoms with Crippen molar-refractivity contribution in [3.8, 4) is 0 Å². The van der Waals surface area contributed by atoms with Gasteiger partial charge in [-0.3, -0.25) is 4.79 Å². The summed E-state index contributed by atoms with van der Waals surface area (Å²) < 4.78 is 0. The molecular weight excluding hydrogens is 288 g/mol. The Morgan fingerprint density at radius 3 is 1.83 bits per heavy atom. The van der Waals surface area contributed by atoms with Gasteiger partial charge in [0.2, 0.25) is 0 Å². The van der Waals surface area contributed by atoms with E-state index in [0.29, 0.717) is 6.42 Å². The monoisotopic (exact) mass is 320 g/mol. The number of allylic oxidation sites excluding steroid dienone is 8. The number of hydrogen-bond donors (Lipinski definition) is 2.